The SMILES string of the molecule is Cc1ccc(-c2nnn(CC(=O)OC(C)C(=O)NCC(=O)Nc3c(C)cccc3C)n2)cc1. The Labute approximate surface area is 191 Å². The van der Waals surface area contributed by atoms with Crippen LogP contribution in [0.4, 0.5) is 5.69 Å². The van der Waals surface area contributed by atoms with E-state index in [0.29, 0.717) is 11.5 Å². The number of para-hydroxylation sites is 1. The number of benzene rings is 2. The molecule has 33 heavy (non-hydrogen) atoms. The monoisotopic (exact) mass is 450 g/mol. The average Bonchev–Trinajstić information content (AvgIpc) is 3.23. The van der Waals surface area contributed by atoms with E-state index < -0.39 is 18.0 Å². The van der Waals surface area contributed by atoms with Crippen molar-refractivity contribution in [3.8, 4) is 11.4 Å². The van der Waals surface area contributed by atoms with Gasteiger partial charge in [0.2, 0.25) is 11.7 Å². The van der Waals surface area contributed by atoms with Crippen LogP contribution in [0.5, 0.6) is 0 Å². The molecule has 172 valence electrons. The zero-order valence-electron chi connectivity index (χ0n) is 19.0. The molecule has 2 amide bonds. The van der Waals surface area contributed by atoms with Crippen LogP contribution in [-0.2, 0) is 25.7 Å². The molecule has 2 aromatic carbocycles. The summed E-state index contributed by atoms with van der Waals surface area (Å²) in [6.07, 6.45) is -1.09. The van der Waals surface area contributed by atoms with Crippen molar-refractivity contribution in [2.75, 3.05) is 11.9 Å². The zero-order chi connectivity index (χ0) is 24.0. The summed E-state index contributed by atoms with van der Waals surface area (Å²) in [4.78, 5) is 37.7. The summed E-state index contributed by atoms with van der Waals surface area (Å²) in [5.74, 6) is -1.30. The first-order chi connectivity index (χ1) is 15.7. The molecule has 1 aromatic heterocycles. The van der Waals surface area contributed by atoms with Crippen molar-refractivity contribution in [2.24, 2.45) is 0 Å². The van der Waals surface area contributed by atoms with E-state index in [0.717, 1.165) is 27.1 Å². The Kier molecular flexibility index (Phi) is 7.50. The van der Waals surface area contributed by atoms with Crippen molar-refractivity contribution >= 4 is 23.5 Å². The van der Waals surface area contributed by atoms with Gasteiger partial charge < -0.3 is 15.4 Å². The molecule has 2 N–H and O–H groups in total. The van der Waals surface area contributed by atoms with Crippen LogP contribution in [0, 0.1) is 20.8 Å². The van der Waals surface area contributed by atoms with E-state index in [2.05, 4.69) is 26.0 Å². The fourth-order valence-electron chi connectivity index (χ4n) is 3.04. The number of esters is 1. The van der Waals surface area contributed by atoms with Gasteiger partial charge in [0.1, 0.15) is 0 Å². The molecule has 0 saturated carbocycles. The van der Waals surface area contributed by atoms with Crippen LogP contribution in [0.15, 0.2) is 42.5 Å². The number of amides is 2. The highest BCUT2D eigenvalue weighted by Gasteiger charge is 2.20. The van der Waals surface area contributed by atoms with Gasteiger partial charge in [0.05, 0.1) is 6.54 Å². The van der Waals surface area contributed by atoms with Gasteiger partial charge in [-0.15, -0.1) is 10.2 Å². The van der Waals surface area contributed by atoms with Crippen LogP contribution >= 0.6 is 0 Å². The van der Waals surface area contributed by atoms with Crippen molar-refractivity contribution in [3.63, 3.8) is 0 Å². The molecule has 0 aliphatic heterocycles. The second-order valence-electron chi connectivity index (χ2n) is 7.67. The van der Waals surface area contributed by atoms with E-state index >= 15 is 0 Å². The number of anilines is 1. The molecule has 1 atom stereocenters. The Morgan fingerprint density at radius 2 is 1.70 bits per heavy atom. The molecule has 1 heterocycles. The number of ether oxygens (including phenoxy) is 1. The largest absolute Gasteiger partial charge is 0.451 e. The number of carbonyl (C=O) groups excluding carboxylic acids is 3. The molecule has 0 bridgehead atoms. The Bertz CT molecular complexity index is 1140. The maximum Gasteiger partial charge on any atom is 0.330 e. The summed E-state index contributed by atoms with van der Waals surface area (Å²) in [6, 6.07) is 13.2. The average molecular weight is 450 g/mol. The van der Waals surface area contributed by atoms with Gasteiger partial charge in [-0.2, -0.15) is 4.80 Å². The third kappa shape index (κ3) is 6.45. The molecule has 3 aromatic rings. The van der Waals surface area contributed by atoms with E-state index in [4.69, 9.17) is 4.74 Å². The summed E-state index contributed by atoms with van der Waals surface area (Å²) < 4.78 is 5.12. The highest BCUT2D eigenvalue weighted by Crippen LogP contribution is 2.19. The molecule has 0 fully saturated rings. The molecule has 0 radical (unpaired) electrons. The first kappa shape index (κ1) is 23.6. The van der Waals surface area contributed by atoms with Gasteiger partial charge in [0.15, 0.2) is 12.6 Å². The minimum absolute atomic E-state index is 0.251. The molecule has 0 spiro atoms. The summed E-state index contributed by atoms with van der Waals surface area (Å²) in [7, 11) is 0. The predicted molar refractivity (Wildman–Crippen MR) is 121 cm³/mol. The normalized spacial score (nSPS) is 11.5. The lowest BCUT2D eigenvalue weighted by Gasteiger charge is -2.14. The smallest absolute Gasteiger partial charge is 0.330 e. The van der Waals surface area contributed by atoms with Gasteiger partial charge in [-0.25, -0.2) is 4.79 Å². The van der Waals surface area contributed by atoms with Crippen molar-refractivity contribution < 1.29 is 19.1 Å². The van der Waals surface area contributed by atoms with Crippen molar-refractivity contribution in [2.45, 2.75) is 40.3 Å². The second kappa shape index (κ2) is 10.5. The van der Waals surface area contributed by atoms with Crippen LogP contribution in [0.1, 0.15) is 23.6 Å². The van der Waals surface area contributed by atoms with Crippen LogP contribution < -0.4 is 10.6 Å². The highest BCUT2D eigenvalue weighted by atomic mass is 16.5. The van der Waals surface area contributed by atoms with Crippen LogP contribution in [0.2, 0.25) is 0 Å². The maximum atomic E-state index is 12.2. The fraction of sp³-hybridized carbons (Fsp3) is 0.304. The number of hydrogen-bond acceptors (Lipinski definition) is 7. The standard InChI is InChI=1S/C23H26N6O4/c1-14-8-10-18(11-9-14)22-26-28-29(27-22)13-20(31)33-17(4)23(32)24-12-19(30)25-21-15(2)6-5-7-16(21)3/h5-11,17H,12-13H2,1-4H3,(H,24,32)(H,25,30). The number of hydrogen-bond donors (Lipinski definition) is 2. The number of aryl methyl sites for hydroxylation is 3. The molecule has 0 aliphatic rings. The lowest BCUT2D eigenvalue weighted by Crippen LogP contribution is -2.40. The van der Waals surface area contributed by atoms with Crippen LogP contribution in [0.25, 0.3) is 11.4 Å². The number of carbonyl (C=O) groups is 3. The van der Waals surface area contributed by atoms with Crippen LogP contribution in [0.3, 0.4) is 0 Å². The van der Waals surface area contributed by atoms with Gasteiger partial charge in [-0.3, -0.25) is 9.59 Å². The van der Waals surface area contributed by atoms with E-state index in [1.165, 1.54) is 6.92 Å². The summed E-state index contributed by atoms with van der Waals surface area (Å²) >= 11 is 0. The van der Waals surface area contributed by atoms with Crippen molar-refractivity contribution in [1.82, 2.24) is 25.5 Å². The molecule has 0 aliphatic carbocycles. The molecule has 10 heteroatoms. The van der Waals surface area contributed by atoms with Gasteiger partial charge in [0.25, 0.3) is 5.91 Å². The second-order valence-corrected chi connectivity index (χ2v) is 7.67. The first-order valence-electron chi connectivity index (χ1n) is 10.4. The Morgan fingerprint density at radius 3 is 2.36 bits per heavy atom. The number of rotatable bonds is 8. The minimum Gasteiger partial charge on any atom is -0.451 e. The lowest BCUT2D eigenvalue weighted by atomic mass is 10.1. The van der Waals surface area contributed by atoms with E-state index in [1.807, 2.05) is 63.2 Å². The van der Waals surface area contributed by atoms with Gasteiger partial charge in [0, 0.05) is 11.3 Å². The molecule has 10 nitrogen and oxygen atoms in total. The molecular weight excluding hydrogens is 424 g/mol. The Balaban J connectivity index is 1.46. The topological polar surface area (TPSA) is 128 Å². The summed E-state index contributed by atoms with van der Waals surface area (Å²) in [5, 5.41) is 17.2. The third-order valence-electron chi connectivity index (χ3n) is 4.88. The van der Waals surface area contributed by atoms with Gasteiger partial charge in [-0.05, 0) is 44.0 Å². The highest BCUT2D eigenvalue weighted by molar-refractivity contribution is 5.96. The van der Waals surface area contributed by atoms with Crippen molar-refractivity contribution in [3.05, 3.63) is 59.2 Å². The number of nitrogens with one attached hydrogen (secondary N) is 2. The molecular formula is C23H26N6O4. The van der Waals surface area contributed by atoms with Crippen molar-refractivity contribution in [1.29, 1.82) is 0 Å². The third-order valence-corrected chi connectivity index (χ3v) is 4.88. The van der Waals surface area contributed by atoms with Crippen LogP contribution in [-0.4, -0.2) is 50.6 Å². The summed E-state index contributed by atoms with van der Waals surface area (Å²) in [5.41, 5.74) is 4.42. The Hall–Kier alpha value is -4.08. The minimum atomic E-state index is -1.09. The lowest BCUT2D eigenvalue weighted by molar-refractivity contribution is -0.155. The number of tetrazole rings is 1. The predicted octanol–water partition coefficient (Wildman–Crippen LogP) is 1.95. The van der Waals surface area contributed by atoms with E-state index in [9.17, 15) is 14.4 Å². The van der Waals surface area contributed by atoms with E-state index in [1.54, 1.807) is 0 Å². The van der Waals surface area contributed by atoms with Gasteiger partial charge >= 0.3 is 5.97 Å². The number of nitrogens with zero attached hydrogens (tertiary/aromatic N) is 4. The summed E-state index contributed by atoms with van der Waals surface area (Å²) in [6.45, 7) is 6.61. The number of aromatic nitrogens is 4. The van der Waals surface area contributed by atoms with Gasteiger partial charge in [-0.1, -0.05) is 48.0 Å². The molecule has 0 saturated heterocycles. The quantitative estimate of drug-likeness (QED) is 0.502. The maximum absolute atomic E-state index is 12.2. The zero-order valence-corrected chi connectivity index (χ0v) is 19.0. The first-order valence-corrected chi connectivity index (χ1v) is 10.4. The molecule has 3 rings (SSSR count). The van der Waals surface area contributed by atoms with E-state index in [-0.39, 0.29) is 19.0 Å². The fourth-order valence-corrected chi connectivity index (χ4v) is 3.04. The molecule has 1 unspecified atom stereocenters. The Morgan fingerprint density at radius 1 is 1.03 bits per heavy atom.